The molecule has 15 heavy (non-hydrogen) atoms. The van der Waals surface area contributed by atoms with Crippen molar-refractivity contribution in [2.24, 2.45) is 5.92 Å². The minimum Gasteiger partial charge on any atom is -0.492 e. The molecule has 2 heteroatoms. The first-order chi connectivity index (χ1) is 7.22. The van der Waals surface area contributed by atoms with E-state index in [0.717, 1.165) is 18.4 Å². The highest BCUT2D eigenvalue weighted by molar-refractivity contribution is 5.94. The number of ether oxygens (including phenoxy) is 1. The molecule has 0 radical (unpaired) electrons. The Bertz CT molecular complexity index is 361. The molecule has 0 bridgehead atoms. The topological polar surface area (TPSA) is 26.3 Å². The number of rotatable bonds is 2. The first-order valence-electron chi connectivity index (χ1n) is 5.47. The summed E-state index contributed by atoms with van der Waals surface area (Å²) in [6.07, 6.45) is 9.34. The van der Waals surface area contributed by atoms with E-state index in [-0.39, 0.29) is 17.8 Å². The van der Waals surface area contributed by atoms with E-state index in [2.05, 4.69) is 19.1 Å². The van der Waals surface area contributed by atoms with Crippen molar-refractivity contribution in [2.45, 2.75) is 32.8 Å². The lowest BCUT2D eigenvalue weighted by atomic mass is 9.83. The van der Waals surface area contributed by atoms with Crippen LogP contribution in [0.25, 0.3) is 0 Å². The summed E-state index contributed by atoms with van der Waals surface area (Å²) in [5.41, 5.74) is 2.42. The molecule has 1 heterocycles. The Morgan fingerprint density at radius 3 is 3.00 bits per heavy atom. The molecule has 2 unspecified atom stereocenters. The lowest BCUT2D eigenvalue weighted by molar-refractivity contribution is -0.120. The number of carbonyl (C=O) groups is 1. The van der Waals surface area contributed by atoms with Gasteiger partial charge in [-0.1, -0.05) is 31.1 Å². The molecule has 0 fully saturated rings. The van der Waals surface area contributed by atoms with Crippen LogP contribution in [-0.2, 0) is 9.53 Å². The maximum absolute atomic E-state index is 11.7. The predicted octanol–water partition coefficient (Wildman–Crippen LogP) is 2.77. The van der Waals surface area contributed by atoms with Gasteiger partial charge >= 0.3 is 0 Å². The van der Waals surface area contributed by atoms with Crippen molar-refractivity contribution in [1.82, 2.24) is 0 Å². The quantitative estimate of drug-likeness (QED) is 0.691. The molecular weight excluding hydrogens is 188 g/mol. The van der Waals surface area contributed by atoms with E-state index in [0.29, 0.717) is 0 Å². The van der Waals surface area contributed by atoms with Gasteiger partial charge in [-0.05, 0) is 18.9 Å². The van der Waals surface area contributed by atoms with Crippen molar-refractivity contribution in [3.05, 3.63) is 35.6 Å². The summed E-state index contributed by atoms with van der Waals surface area (Å²) in [4.78, 5) is 11.7. The number of hydrogen-bond donors (Lipinski definition) is 0. The third kappa shape index (κ3) is 1.89. The lowest BCUT2D eigenvalue weighted by Gasteiger charge is -2.30. The monoisotopic (exact) mass is 204 g/mol. The number of allylic oxidation sites excluding steroid dienone is 3. The molecule has 0 saturated carbocycles. The molecule has 2 atom stereocenters. The van der Waals surface area contributed by atoms with E-state index in [9.17, 15) is 4.79 Å². The molecule has 0 aromatic heterocycles. The normalized spacial score (nSPS) is 29.1. The second-order valence-electron chi connectivity index (χ2n) is 4.17. The van der Waals surface area contributed by atoms with E-state index >= 15 is 0 Å². The highest BCUT2D eigenvalue weighted by atomic mass is 16.5. The Morgan fingerprint density at radius 2 is 2.27 bits per heavy atom. The van der Waals surface area contributed by atoms with Crippen molar-refractivity contribution >= 4 is 5.78 Å². The van der Waals surface area contributed by atoms with Crippen molar-refractivity contribution in [1.29, 1.82) is 0 Å². The van der Waals surface area contributed by atoms with Crippen LogP contribution < -0.4 is 0 Å². The molecule has 0 aromatic rings. The molecule has 2 aliphatic rings. The van der Waals surface area contributed by atoms with Crippen molar-refractivity contribution in [3.63, 3.8) is 0 Å². The third-order valence-electron chi connectivity index (χ3n) is 2.91. The summed E-state index contributed by atoms with van der Waals surface area (Å²) < 4.78 is 5.48. The van der Waals surface area contributed by atoms with Gasteiger partial charge in [0.25, 0.3) is 0 Å². The van der Waals surface area contributed by atoms with Crippen LogP contribution in [-0.4, -0.2) is 11.9 Å². The summed E-state index contributed by atoms with van der Waals surface area (Å²) in [6, 6.07) is 0. The van der Waals surface area contributed by atoms with Crippen LogP contribution in [0.5, 0.6) is 0 Å². The highest BCUT2D eigenvalue weighted by Crippen LogP contribution is 2.30. The lowest BCUT2D eigenvalue weighted by Crippen LogP contribution is -2.33. The fourth-order valence-corrected chi connectivity index (χ4v) is 2.19. The van der Waals surface area contributed by atoms with Crippen LogP contribution in [0.1, 0.15) is 26.7 Å². The van der Waals surface area contributed by atoms with Crippen molar-refractivity contribution in [3.8, 4) is 0 Å². The largest absolute Gasteiger partial charge is 0.492 e. The SMILES string of the molecule is CCCC1=CC2C(=O)C=COC2C(C)=C1. The predicted molar refractivity (Wildman–Crippen MR) is 59.3 cm³/mol. The number of hydrogen-bond acceptors (Lipinski definition) is 2. The van der Waals surface area contributed by atoms with Crippen LogP contribution in [0, 0.1) is 5.92 Å². The highest BCUT2D eigenvalue weighted by Gasteiger charge is 2.32. The second-order valence-corrected chi connectivity index (χ2v) is 4.17. The van der Waals surface area contributed by atoms with Gasteiger partial charge in [0.1, 0.15) is 6.10 Å². The molecule has 80 valence electrons. The molecule has 0 saturated heterocycles. The van der Waals surface area contributed by atoms with E-state index in [1.54, 1.807) is 0 Å². The van der Waals surface area contributed by atoms with E-state index in [1.807, 2.05) is 6.92 Å². The average molecular weight is 204 g/mol. The molecular formula is C13H16O2. The molecule has 1 aliphatic heterocycles. The van der Waals surface area contributed by atoms with Crippen LogP contribution in [0.15, 0.2) is 35.6 Å². The number of fused-ring (bicyclic) bond motifs is 1. The molecule has 0 N–H and O–H groups in total. The van der Waals surface area contributed by atoms with Crippen LogP contribution in [0.3, 0.4) is 0 Å². The van der Waals surface area contributed by atoms with Crippen molar-refractivity contribution < 1.29 is 9.53 Å². The standard InChI is InChI=1S/C13H16O2/c1-3-4-10-7-9(2)13-11(8-10)12(14)5-6-15-13/h5-8,11,13H,3-4H2,1-2H3. The van der Waals surface area contributed by atoms with Gasteiger partial charge in [0.15, 0.2) is 5.78 Å². The molecule has 0 spiro atoms. The van der Waals surface area contributed by atoms with Gasteiger partial charge < -0.3 is 4.74 Å². The summed E-state index contributed by atoms with van der Waals surface area (Å²) in [7, 11) is 0. The molecule has 0 amide bonds. The third-order valence-corrected chi connectivity index (χ3v) is 2.91. The Morgan fingerprint density at radius 1 is 1.47 bits per heavy atom. The fourth-order valence-electron chi connectivity index (χ4n) is 2.19. The zero-order valence-corrected chi connectivity index (χ0v) is 9.19. The van der Waals surface area contributed by atoms with Crippen LogP contribution in [0.4, 0.5) is 0 Å². The minimum atomic E-state index is -0.0958. The summed E-state index contributed by atoms with van der Waals surface area (Å²) in [5.74, 6) is 0.0638. The smallest absolute Gasteiger partial charge is 0.169 e. The Kier molecular flexibility index (Phi) is 2.76. The fraction of sp³-hybridized carbons (Fsp3) is 0.462. The number of carbonyl (C=O) groups excluding carboxylic acids is 1. The van der Waals surface area contributed by atoms with Gasteiger partial charge in [-0.15, -0.1) is 0 Å². The van der Waals surface area contributed by atoms with Crippen LogP contribution >= 0.6 is 0 Å². The van der Waals surface area contributed by atoms with Gasteiger partial charge in [-0.3, -0.25) is 4.79 Å². The molecule has 0 aromatic carbocycles. The zero-order chi connectivity index (χ0) is 10.8. The number of ketones is 1. The average Bonchev–Trinajstić information content (AvgIpc) is 2.20. The van der Waals surface area contributed by atoms with Gasteiger partial charge in [0.2, 0.25) is 0 Å². The first-order valence-corrected chi connectivity index (χ1v) is 5.47. The molecule has 2 rings (SSSR count). The van der Waals surface area contributed by atoms with E-state index < -0.39 is 0 Å². The Hall–Kier alpha value is -1.31. The molecule has 2 nitrogen and oxygen atoms in total. The van der Waals surface area contributed by atoms with Crippen molar-refractivity contribution in [2.75, 3.05) is 0 Å². The maximum Gasteiger partial charge on any atom is 0.169 e. The maximum atomic E-state index is 11.7. The van der Waals surface area contributed by atoms with Gasteiger partial charge in [0.05, 0.1) is 12.2 Å². The first kappa shape index (κ1) is 10.2. The Labute approximate surface area is 90.3 Å². The van der Waals surface area contributed by atoms with E-state index in [1.165, 1.54) is 17.9 Å². The van der Waals surface area contributed by atoms with Crippen LogP contribution in [0.2, 0.25) is 0 Å². The summed E-state index contributed by atoms with van der Waals surface area (Å²) in [6.45, 7) is 4.18. The second kappa shape index (κ2) is 4.05. The molecule has 1 aliphatic carbocycles. The minimum absolute atomic E-state index is 0.0666. The zero-order valence-electron chi connectivity index (χ0n) is 9.19. The Balaban J connectivity index is 2.28. The summed E-state index contributed by atoms with van der Waals surface area (Å²) >= 11 is 0. The van der Waals surface area contributed by atoms with Gasteiger partial charge in [-0.25, -0.2) is 0 Å². The van der Waals surface area contributed by atoms with E-state index in [4.69, 9.17) is 4.74 Å². The van der Waals surface area contributed by atoms with Gasteiger partial charge in [0, 0.05) is 6.08 Å². The summed E-state index contributed by atoms with van der Waals surface area (Å²) in [5, 5.41) is 0. The van der Waals surface area contributed by atoms with Gasteiger partial charge in [-0.2, -0.15) is 0 Å².